The standard InChI is InChI=1S/C19H18O3/c1-2-11-20-17-13-19-18(21-14-22-19)12-16(17)10-6-9-15-7-4-3-5-8-15/h2-9,12-13H,1,10-11,14H2/b9-6+. The van der Waals surface area contributed by atoms with E-state index in [2.05, 4.69) is 30.9 Å². The number of allylic oxidation sites excluding steroid dienone is 1. The molecule has 0 aliphatic carbocycles. The third kappa shape index (κ3) is 3.31. The van der Waals surface area contributed by atoms with Crippen molar-refractivity contribution in [3.63, 3.8) is 0 Å². The molecule has 2 aromatic carbocycles. The molecule has 0 aromatic heterocycles. The van der Waals surface area contributed by atoms with Gasteiger partial charge in [-0.05, 0) is 18.1 Å². The van der Waals surface area contributed by atoms with Gasteiger partial charge in [-0.15, -0.1) is 0 Å². The van der Waals surface area contributed by atoms with Gasteiger partial charge in [0.15, 0.2) is 11.5 Å². The highest BCUT2D eigenvalue weighted by atomic mass is 16.7. The highest BCUT2D eigenvalue weighted by molar-refractivity contribution is 5.54. The molecule has 2 aromatic rings. The van der Waals surface area contributed by atoms with Crippen LogP contribution in [0.2, 0.25) is 0 Å². The Kier molecular flexibility index (Phi) is 4.44. The first kappa shape index (κ1) is 14.3. The zero-order chi connectivity index (χ0) is 15.2. The molecule has 0 atom stereocenters. The number of benzene rings is 2. The van der Waals surface area contributed by atoms with Crippen molar-refractivity contribution in [3.8, 4) is 17.2 Å². The first-order valence-electron chi connectivity index (χ1n) is 7.24. The number of rotatable bonds is 6. The van der Waals surface area contributed by atoms with E-state index in [0.717, 1.165) is 29.2 Å². The van der Waals surface area contributed by atoms with Gasteiger partial charge >= 0.3 is 0 Å². The van der Waals surface area contributed by atoms with Crippen molar-refractivity contribution in [2.75, 3.05) is 13.4 Å². The first-order chi connectivity index (χ1) is 10.9. The molecular weight excluding hydrogens is 276 g/mol. The highest BCUT2D eigenvalue weighted by Crippen LogP contribution is 2.38. The Bertz CT molecular complexity index is 675. The van der Waals surface area contributed by atoms with Gasteiger partial charge in [0.2, 0.25) is 6.79 Å². The van der Waals surface area contributed by atoms with Gasteiger partial charge in [-0.3, -0.25) is 0 Å². The first-order valence-corrected chi connectivity index (χ1v) is 7.24. The molecule has 0 bridgehead atoms. The summed E-state index contributed by atoms with van der Waals surface area (Å²) >= 11 is 0. The second kappa shape index (κ2) is 6.85. The second-order valence-electron chi connectivity index (χ2n) is 4.93. The Balaban J connectivity index is 1.79. The summed E-state index contributed by atoms with van der Waals surface area (Å²) in [7, 11) is 0. The van der Waals surface area contributed by atoms with Crippen LogP contribution in [0.15, 0.2) is 61.2 Å². The van der Waals surface area contributed by atoms with Crippen molar-refractivity contribution in [3.05, 3.63) is 72.3 Å². The van der Waals surface area contributed by atoms with Crippen molar-refractivity contribution in [2.24, 2.45) is 0 Å². The van der Waals surface area contributed by atoms with Gasteiger partial charge in [-0.2, -0.15) is 0 Å². The number of hydrogen-bond acceptors (Lipinski definition) is 3. The van der Waals surface area contributed by atoms with Crippen molar-refractivity contribution in [1.29, 1.82) is 0 Å². The van der Waals surface area contributed by atoms with E-state index in [4.69, 9.17) is 14.2 Å². The molecule has 22 heavy (non-hydrogen) atoms. The van der Waals surface area contributed by atoms with Crippen molar-refractivity contribution in [2.45, 2.75) is 6.42 Å². The van der Waals surface area contributed by atoms with E-state index in [-0.39, 0.29) is 6.79 Å². The van der Waals surface area contributed by atoms with Crippen LogP contribution in [0.5, 0.6) is 17.2 Å². The topological polar surface area (TPSA) is 27.7 Å². The summed E-state index contributed by atoms with van der Waals surface area (Å²) in [5.41, 5.74) is 2.25. The van der Waals surface area contributed by atoms with E-state index in [1.807, 2.05) is 30.3 Å². The number of ether oxygens (including phenoxy) is 3. The summed E-state index contributed by atoms with van der Waals surface area (Å²) in [5.74, 6) is 2.31. The number of fused-ring (bicyclic) bond motifs is 1. The molecule has 112 valence electrons. The average molecular weight is 294 g/mol. The molecule has 0 saturated heterocycles. The van der Waals surface area contributed by atoms with Gasteiger partial charge < -0.3 is 14.2 Å². The van der Waals surface area contributed by atoms with Crippen LogP contribution in [0.1, 0.15) is 11.1 Å². The molecule has 0 amide bonds. The van der Waals surface area contributed by atoms with E-state index < -0.39 is 0 Å². The van der Waals surface area contributed by atoms with Crippen molar-refractivity contribution in [1.82, 2.24) is 0 Å². The summed E-state index contributed by atoms with van der Waals surface area (Å²) in [6.07, 6.45) is 6.71. The fourth-order valence-corrected chi connectivity index (χ4v) is 2.29. The Labute approximate surface area is 130 Å². The molecular formula is C19H18O3. The molecule has 3 nitrogen and oxygen atoms in total. The van der Waals surface area contributed by atoms with Crippen molar-refractivity contribution >= 4 is 6.08 Å². The quantitative estimate of drug-likeness (QED) is 0.746. The monoisotopic (exact) mass is 294 g/mol. The lowest BCUT2D eigenvalue weighted by Gasteiger charge is -2.10. The van der Waals surface area contributed by atoms with E-state index in [0.29, 0.717) is 6.61 Å². The Morgan fingerprint density at radius 1 is 1.09 bits per heavy atom. The third-order valence-corrected chi connectivity index (χ3v) is 3.36. The van der Waals surface area contributed by atoms with Crippen LogP contribution >= 0.6 is 0 Å². The minimum absolute atomic E-state index is 0.263. The van der Waals surface area contributed by atoms with E-state index in [1.54, 1.807) is 6.08 Å². The van der Waals surface area contributed by atoms with Crippen LogP contribution in [0.4, 0.5) is 0 Å². The predicted molar refractivity (Wildman–Crippen MR) is 87.4 cm³/mol. The van der Waals surface area contributed by atoms with Gasteiger partial charge in [-0.25, -0.2) is 0 Å². The highest BCUT2D eigenvalue weighted by Gasteiger charge is 2.17. The molecule has 0 fully saturated rings. The second-order valence-corrected chi connectivity index (χ2v) is 4.93. The van der Waals surface area contributed by atoms with Gasteiger partial charge in [0.25, 0.3) is 0 Å². The van der Waals surface area contributed by atoms with Crippen LogP contribution in [-0.4, -0.2) is 13.4 Å². The lowest BCUT2D eigenvalue weighted by atomic mass is 10.1. The fourth-order valence-electron chi connectivity index (χ4n) is 2.29. The summed E-state index contributed by atoms with van der Waals surface area (Å²) in [5, 5.41) is 0. The SMILES string of the molecule is C=CCOc1cc2c(cc1C/C=C/c1ccccc1)OCO2. The maximum atomic E-state index is 5.73. The number of hydrogen-bond donors (Lipinski definition) is 0. The summed E-state index contributed by atoms with van der Waals surface area (Å²) in [4.78, 5) is 0. The van der Waals surface area contributed by atoms with Gasteiger partial charge in [0.05, 0.1) is 0 Å². The lowest BCUT2D eigenvalue weighted by Crippen LogP contribution is -1.97. The molecule has 3 rings (SSSR count). The fraction of sp³-hybridized carbons (Fsp3) is 0.158. The zero-order valence-electron chi connectivity index (χ0n) is 12.3. The smallest absolute Gasteiger partial charge is 0.231 e. The minimum Gasteiger partial charge on any atom is -0.489 e. The molecule has 1 heterocycles. The van der Waals surface area contributed by atoms with Crippen LogP contribution < -0.4 is 14.2 Å². The van der Waals surface area contributed by atoms with E-state index in [9.17, 15) is 0 Å². The van der Waals surface area contributed by atoms with Crippen LogP contribution in [0.3, 0.4) is 0 Å². The molecule has 0 spiro atoms. The molecule has 0 saturated carbocycles. The maximum absolute atomic E-state index is 5.73. The van der Waals surface area contributed by atoms with Gasteiger partial charge in [0.1, 0.15) is 12.4 Å². The molecule has 0 N–H and O–H groups in total. The lowest BCUT2D eigenvalue weighted by molar-refractivity contribution is 0.174. The summed E-state index contributed by atoms with van der Waals surface area (Å²) < 4.78 is 16.6. The molecule has 3 heteroatoms. The third-order valence-electron chi connectivity index (χ3n) is 3.36. The van der Waals surface area contributed by atoms with Crippen molar-refractivity contribution < 1.29 is 14.2 Å². The average Bonchev–Trinajstić information content (AvgIpc) is 3.01. The summed E-state index contributed by atoms with van der Waals surface area (Å²) in [6, 6.07) is 14.1. The maximum Gasteiger partial charge on any atom is 0.231 e. The van der Waals surface area contributed by atoms with Crippen LogP contribution in [0.25, 0.3) is 6.08 Å². The van der Waals surface area contributed by atoms with Crippen LogP contribution in [0, 0.1) is 0 Å². The Hall–Kier alpha value is -2.68. The Morgan fingerprint density at radius 3 is 2.64 bits per heavy atom. The molecule has 0 radical (unpaired) electrons. The van der Waals surface area contributed by atoms with Crippen LogP contribution in [-0.2, 0) is 6.42 Å². The molecule has 1 aliphatic rings. The summed E-state index contributed by atoms with van der Waals surface area (Å²) in [6.45, 7) is 4.42. The Morgan fingerprint density at radius 2 is 1.86 bits per heavy atom. The van der Waals surface area contributed by atoms with E-state index >= 15 is 0 Å². The molecule has 0 unspecified atom stereocenters. The predicted octanol–water partition coefficient (Wildman–Crippen LogP) is 4.24. The van der Waals surface area contributed by atoms with Gasteiger partial charge in [0, 0.05) is 11.6 Å². The largest absolute Gasteiger partial charge is 0.489 e. The minimum atomic E-state index is 0.263. The molecule has 1 aliphatic heterocycles. The van der Waals surface area contributed by atoms with E-state index in [1.165, 1.54) is 5.56 Å². The van der Waals surface area contributed by atoms with Gasteiger partial charge in [-0.1, -0.05) is 55.1 Å². The zero-order valence-corrected chi connectivity index (χ0v) is 12.3. The normalized spacial score (nSPS) is 12.5.